The molecule has 0 aliphatic carbocycles. The Balaban J connectivity index is 1.59. The fourth-order valence-electron chi connectivity index (χ4n) is 4.01. The van der Waals surface area contributed by atoms with Crippen LogP contribution in [-0.2, 0) is 11.3 Å². The Hall–Kier alpha value is -3.50. The first-order valence-electron chi connectivity index (χ1n) is 10.7. The summed E-state index contributed by atoms with van der Waals surface area (Å²) in [6.45, 7) is 8.29. The van der Waals surface area contributed by atoms with Gasteiger partial charge in [-0.15, -0.1) is 0 Å². The van der Waals surface area contributed by atoms with Crippen LogP contribution in [0.1, 0.15) is 66.2 Å². The molecule has 2 N–H and O–H groups in total. The first-order chi connectivity index (χ1) is 15.3. The minimum absolute atomic E-state index is 0.0270. The molecular formula is C21H28N8O3. The Labute approximate surface area is 185 Å². The van der Waals surface area contributed by atoms with E-state index in [4.69, 9.17) is 4.52 Å². The molecule has 0 radical (unpaired) electrons. The largest absolute Gasteiger partial charge is 0.361 e. The monoisotopic (exact) mass is 440 g/mol. The van der Waals surface area contributed by atoms with Crippen LogP contribution in [0.4, 0.5) is 0 Å². The zero-order chi connectivity index (χ0) is 22.8. The number of H-pyrrole nitrogens is 1. The summed E-state index contributed by atoms with van der Waals surface area (Å²) >= 11 is 0. The van der Waals surface area contributed by atoms with E-state index in [9.17, 15) is 9.59 Å². The van der Waals surface area contributed by atoms with Gasteiger partial charge in [-0.1, -0.05) is 19.0 Å². The number of aromatic nitrogens is 6. The average molecular weight is 441 g/mol. The van der Waals surface area contributed by atoms with E-state index in [-0.39, 0.29) is 35.5 Å². The summed E-state index contributed by atoms with van der Waals surface area (Å²) in [5, 5.41) is 18.4. The molecule has 0 spiro atoms. The van der Waals surface area contributed by atoms with Crippen LogP contribution in [0, 0.1) is 19.8 Å². The molecule has 0 saturated carbocycles. The lowest BCUT2D eigenvalue weighted by Gasteiger charge is -2.21. The first-order valence-corrected chi connectivity index (χ1v) is 10.7. The summed E-state index contributed by atoms with van der Waals surface area (Å²) in [5.74, 6) is 1.69. The van der Waals surface area contributed by atoms with Crippen molar-refractivity contribution in [3.05, 3.63) is 47.1 Å². The van der Waals surface area contributed by atoms with E-state index in [1.54, 1.807) is 22.7 Å². The molecule has 4 rings (SSSR count). The van der Waals surface area contributed by atoms with E-state index in [1.807, 2.05) is 33.0 Å². The lowest BCUT2D eigenvalue weighted by molar-refractivity contribution is -0.122. The Morgan fingerprint density at radius 3 is 2.81 bits per heavy atom. The zero-order valence-electron chi connectivity index (χ0n) is 18.7. The van der Waals surface area contributed by atoms with Crippen molar-refractivity contribution in [1.82, 2.24) is 40.3 Å². The van der Waals surface area contributed by atoms with E-state index in [2.05, 4.69) is 30.8 Å². The summed E-state index contributed by atoms with van der Waals surface area (Å²) in [7, 11) is 0. The van der Waals surface area contributed by atoms with Gasteiger partial charge in [-0.05, 0) is 32.3 Å². The maximum Gasteiger partial charge on any atom is 0.277 e. The van der Waals surface area contributed by atoms with E-state index < -0.39 is 0 Å². The van der Waals surface area contributed by atoms with Gasteiger partial charge in [0.2, 0.25) is 5.91 Å². The third-order valence-electron chi connectivity index (χ3n) is 5.50. The molecule has 3 aromatic rings. The minimum atomic E-state index is -0.383. The number of nitrogens with zero attached hydrogens (tertiary/aromatic N) is 6. The topological polar surface area (TPSA) is 135 Å². The second kappa shape index (κ2) is 8.93. The van der Waals surface area contributed by atoms with E-state index in [1.165, 1.54) is 0 Å². The summed E-state index contributed by atoms with van der Waals surface area (Å²) in [5.41, 5.74) is 0.917. The highest BCUT2D eigenvalue weighted by atomic mass is 16.5. The number of amides is 2. The maximum absolute atomic E-state index is 13.6. The normalized spacial score (nSPS) is 18.5. The van der Waals surface area contributed by atoms with Crippen molar-refractivity contribution in [2.75, 3.05) is 6.54 Å². The molecule has 32 heavy (non-hydrogen) atoms. The van der Waals surface area contributed by atoms with Gasteiger partial charge in [-0.25, -0.2) is 4.98 Å². The molecule has 4 heterocycles. The van der Waals surface area contributed by atoms with Crippen molar-refractivity contribution in [2.45, 2.75) is 59.2 Å². The standard InChI is InChI=1S/C21H28N8O3/c1-12(2)8-18(30)24-15-9-17(20-23-14(4)25-26-20)29(10-15)21(31)19-16(13(3)32-27-19)11-28-7-5-6-22-28/h5-7,12,15,17H,8-11H2,1-4H3,(H,24,30)(H,23,25,26)/t15-,17-/m0/s1. The third-order valence-corrected chi connectivity index (χ3v) is 5.50. The minimum Gasteiger partial charge on any atom is -0.361 e. The van der Waals surface area contributed by atoms with Crippen molar-refractivity contribution in [3.63, 3.8) is 0 Å². The quantitative estimate of drug-likeness (QED) is 0.572. The predicted molar refractivity (Wildman–Crippen MR) is 113 cm³/mol. The Morgan fingerprint density at radius 2 is 2.16 bits per heavy atom. The highest BCUT2D eigenvalue weighted by Gasteiger charge is 2.41. The molecule has 170 valence electrons. The van der Waals surface area contributed by atoms with E-state index in [0.717, 1.165) is 0 Å². The maximum atomic E-state index is 13.6. The van der Waals surface area contributed by atoms with Crippen LogP contribution in [0.5, 0.6) is 0 Å². The van der Waals surface area contributed by atoms with Crippen molar-refractivity contribution < 1.29 is 14.1 Å². The molecule has 11 heteroatoms. The van der Waals surface area contributed by atoms with Gasteiger partial charge in [0.05, 0.1) is 12.6 Å². The van der Waals surface area contributed by atoms with Gasteiger partial charge in [0, 0.05) is 37.0 Å². The van der Waals surface area contributed by atoms with Gasteiger partial charge in [-0.3, -0.25) is 19.4 Å². The fraction of sp³-hybridized carbons (Fsp3) is 0.524. The lowest BCUT2D eigenvalue weighted by atomic mass is 10.1. The van der Waals surface area contributed by atoms with Gasteiger partial charge in [0.1, 0.15) is 11.6 Å². The van der Waals surface area contributed by atoms with Crippen molar-refractivity contribution in [3.8, 4) is 0 Å². The molecule has 3 aromatic heterocycles. The molecule has 1 fully saturated rings. The molecule has 2 amide bonds. The average Bonchev–Trinajstić information content (AvgIpc) is 3.50. The summed E-state index contributed by atoms with van der Waals surface area (Å²) in [6, 6.07) is 1.24. The molecule has 1 saturated heterocycles. The first kappa shape index (κ1) is 21.7. The number of aromatic amines is 1. The number of rotatable bonds is 7. The molecule has 1 aliphatic rings. The van der Waals surface area contributed by atoms with Crippen LogP contribution in [0.2, 0.25) is 0 Å². The van der Waals surface area contributed by atoms with Gasteiger partial charge < -0.3 is 14.7 Å². The van der Waals surface area contributed by atoms with Crippen molar-refractivity contribution >= 4 is 11.8 Å². The molecule has 1 aliphatic heterocycles. The predicted octanol–water partition coefficient (Wildman–Crippen LogP) is 1.77. The van der Waals surface area contributed by atoms with Crippen molar-refractivity contribution in [2.24, 2.45) is 5.92 Å². The van der Waals surface area contributed by atoms with Crippen LogP contribution in [0.15, 0.2) is 23.0 Å². The Morgan fingerprint density at radius 1 is 1.34 bits per heavy atom. The SMILES string of the molecule is Cc1nc([C@@H]2C[C@H](NC(=O)CC(C)C)CN2C(=O)c2noc(C)c2Cn2cccn2)n[nH]1. The van der Waals surface area contributed by atoms with Gasteiger partial charge in [0.15, 0.2) is 11.5 Å². The smallest absolute Gasteiger partial charge is 0.277 e. The van der Waals surface area contributed by atoms with Crippen LogP contribution < -0.4 is 5.32 Å². The van der Waals surface area contributed by atoms with Gasteiger partial charge >= 0.3 is 0 Å². The van der Waals surface area contributed by atoms with Gasteiger partial charge in [-0.2, -0.15) is 10.2 Å². The molecule has 2 atom stereocenters. The second-order valence-electron chi connectivity index (χ2n) is 8.62. The van der Waals surface area contributed by atoms with E-state index >= 15 is 0 Å². The number of likely N-dealkylation sites (tertiary alicyclic amines) is 1. The van der Waals surface area contributed by atoms with Crippen molar-refractivity contribution in [1.29, 1.82) is 0 Å². The van der Waals surface area contributed by atoms with Gasteiger partial charge in [0.25, 0.3) is 5.91 Å². The number of hydrogen-bond donors (Lipinski definition) is 2. The molecular weight excluding hydrogens is 412 g/mol. The number of nitrogens with one attached hydrogen (secondary N) is 2. The fourth-order valence-corrected chi connectivity index (χ4v) is 4.01. The molecule has 0 bridgehead atoms. The Bertz CT molecular complexity index is 1080. The molecule has 0 aromatic carbocycles. The highest BCUT2D eigenvalue weighted by Crippen LogP contribution is 2.32. The van der Waals surface area contributed by atoms with Crippen LogP contribution >= 0.6 is 0 Å². The molecule has 11 nitrogen and oxygen atoms in total. The second-order valence-corrected chi connectivity index (χ2v) is 8.62. The molecule has 0 unspecified atom stereocenters. The summed E-state index contributed by atoms with van der Waals surface area (Å²) in [6.07, 6.45) is 4.45. The number of hydrogen-bond acceptors (Lipinski definition) is 7. The Kier molecular flexibility index (Phi) is 6.06. The zero-order valence-corrected chi connectivity index (χ0v) is 18.7. The number of carbonyl (C=O) groups is 2. The number of aryl methyl sites for hydroxylation is 2. The van der Waals surface area contributed by atoms with E-state index in [0.29, 0.717) is 48.9 Å². The number of carbonyl (C=O) groups excluding carboxylic acids is 2. The summed E-state index contributed by atoms with van der Waals surface area (Å²) in [4.78, 5) is 32.1. The van der Waals surface area contributed by atoms with Crippen LogP contribution in [0.3, 0.4) is 0 Å². The third kappa shape index (κ3) is 4.56. The highest BCUT2D eigenvalue weighted by molar-refractivity contribution is 5.94. The summed E-state index contributed by atoms with van der Waals surface area (Å²) < 4.78 is 7.07. The van der Waals surface area contributed by atoms with Crippen LogP contribution in [-0.4, -0.2) is 59.4 Å². The lowest BCUT2D eigenvalue weighted by Crippen LogP contribution is -2.39. The van der Waals surface area contributed by atoms with Crippen LogP contribution in [0.25, 0.3) is 0 Å².